The molecule has 0 spiro atoms. The van der Waals surface area contributed by atoms with Crippen molar-refractivity contribution in [3.05, 3.63) is 34.2 Å². The molecule has 0 fully saturated rings. The lowest BCUT2D eigenvalue weighted by molar-refractivity contribution is 0.0926. The van der Waals surface area contributed by atoms with Crippen molar-refractivity contribution in [2.45, 2.75) is 19.9 Å². The Labute approximate surface area is 103 Å². The van der Waals surface area contributed by atoms with Gasteiger partial charge in [-0.2, -0.15) is 0 Å². The van der Waals surface area contributed by atoms with Crippen molar-refractivity contribution >= 4 is 21.8 Å². The fraction of sp³-hybridized carbons (Fsp3) is 0.455. The Morgan fingerprint density at radius 1 is 1.50 bits per heavy atom. The van der Waals surface area contributed by atoms with E-state index in [1.165, 1.54) is 6.07 Å². The van der Waals surface area contributed by atoms with Gasteiger partial charge in [-0.1, -0.05) is 28.9 Å². The van der Waals surface area contributed by atoms with Gasteiger partial charge in [-0.25, -0.2) is 0 Å². The van der Waals surface area contributed by atoms with Gasteiger partial charge in [0.05, 0.1) is 0 Å². The maximum absolute atomic E-state index is 11.7. The number of carbonyl (C=O) groups is 1. The highest BCUT2D eigenvalue weighted by Crippen LogP contribution is 2.06. The molecule has 0 aliphatic heterocycles. The number of hydrogen-bond donors (Lipinski definition) is 2. The van der Waals surface area contributed by atoms with Crippen LogP contribution >= 0.6 is 15.9 Å². The van der Waals surface area contributed by atoms with Gasteiger partial charge >= 0.3 is 0 Å². The number of halogens is 1. The predicted octanol–water partition coefficient (Wildman–Crippen LogP) is 1.52. The first-order chi connectivity index (χ1) is 7.54. The van der Waals surface area contributed by atoms with Gasteiger partial charge in [0.15, 0.2) is 0 Å². The molecule has 5 heteroatoms. The lowest BCUT2D eigenvalue weighted by Gasteiger charge is -2.18. The minimum Gasteiger partial charge on any atom is -0.348 e. The predicted molar refractivity (Wildman–Crippen MR) is 66.9 cm³/mol. The largest absolute Gasteiger partial charge is 0.348 e. The summed E-state index contributed by atoms with van der Waals surface area (Å²) in [7, 11) is 0. The first-order valence-corrected chi connectivity index (χ1v) is 6.23. The van der Waals surface area contributed by atoms with Gasteiger partial charge in [-0.3, -0.25) is 9.59 Å². The number of pyridine rings is 1. The van der Waals surface area contributed by atoms with E-state index in [4.69, 9.17) is 0 Å². The minimum absolute atomic E-state index is 0.0515. The first-order valence-electron chi connectivity index (χ1n) is 5.10. The highest BCUT2D eigenvalue weighted by atomic mass is 79.9. The topological polar surface area (TPSA) is 62.0 Å². The second-order valence-corrected chi connectivity index (χ2v) is 4.47. The van der Waals surface area contributed by atoms with E-state index < -0.39 is 0 Å². The Hall–Kier alpha value is -1.10. The van der Waals surface area contributed by atoms with Gasteiger partial charge in [0, 0.05) is 17.4 Å². The Morgan fingerprint density at radius 2 is 2.19 bits per heavy atom. The Kier molecular flexibility index (Phi) is 4.73. The molecule has 1 amide bonds. The zero-order valence-corrected chi connectivity index (χ0v) is 10.9. The molecule has 0 aliphatic rings. The molecule has 1 aromatic heterocycles. The Morgan fingerprint density at radius 3 is 2.75 bits per heavy atom. The van der Waals surface area contributed by atoms with E-state index >= 15 is 0 Å². The average Bonchev–Trinajstić information content (AvgIpc) is 2.27. The number of alkyl halides is 1. The van der Waals surface area contributed by atoms with Gasteiger partial charge < -0.3 is 10.3 Å². The number of H-pyrrole nitrogens is 1. The normalized spacial score (nSPS) is 14.2. The maximum Gasteiger partial charge on any atom is 0.268 e. The molecule has 1 rings (SSSR count). The highest BCUT2D eigenvalue weighted by molar-refractivity contribution is 9.09. The molecule has 0 aliphatic carbocycles. The molecule has 16 heavy (non-hydrogen) atoms. The summed E-state index contributed by atoms with van der Waals surface area (Å²) in [6, 6.07) is 4.58. The molecule has 0 bridgehead atoms. The van der Waals surface area contributed by atoms with Crippen LogP contribution in [0.5, 0.6) is 0 Å². The Balaban J connectivity index is 2.69. The number of nitrogens with one attached hydrogen (secondary N) is 2. The van der Waals surface area contributed by atoms with Crippen molar-refractivity contribution in [3.63, 3.8) is 0 Å². The second-order valence-electron chi connectivity index (χ2n) is 3.82. The van der Waals surface area contributed by atoms with Crippen molar-refractivity contribution in [3.8, 4) is 0 Å². The van der Waals surface area contributed by atoms with Crippen molar-refractivity contribution in [1.29, 1.82) is 0 Å². The van der Waals surface area contributed by atoms with Crippen molar-refractivity contribution in [2.24, 2.45) is 5.92 Å². The standard InChI is InChI=1S/C11H15BrN2O2/c1-7(6-12)8(2)13-11(16)9-4-3-5-10(15)14-9/h3-5,7-8H,6H2,1-2H3,(H,13,16)(H,14,15). The molecule has 4 nitrogen and oxygen atoms in total. The smallest absolute Gasteiger partial charge is 0.268 e. The lowest BCUT2D eigenvalue weighted by atomic mass is 10.1. The van der Waals surface area contributed by atoms with Crippen LogP contribution in [0.4, 0.5) is 0 Å². The zero-order chi connectivity index (χ0) is 12.1. The Bertz CT molecular complexity index is 416. The second kappa shape index (κ2) is 5.84. The van der Waals surface area contributed by atoms with Crippen LogP contribution in [0.2, 0.25) is 0 Å². The summed E-state index contributed by atoms with van der Waals surface area (Å²) in [4.78, 5) is 25.2. The third-order valence-corrected chi connectivity index (χ3v) is 3.49. The number of hydrogen-bond acceptors (Lipinski definition) is 2. The summed E-state index contributed by atoms with van der Waals surface area (Å²) in [5, 5.41) is 3.65. The van der Waals surface area contributed by atoms with Gasteiger partial charge in [0.1, 0.15) is 5.69 Å². The number of amides is 1. The molecule has 1 aromatic rings. The summed E-state index contributed by atoms with van der Waals surface area (Å²) in [5.41, 5.74) is 0.0231. The third kappa shape index (κ3) is 3.48. The fourth-order valence-corrected chi connectivity index (χ4v) is 1.70. The molecular weight excluding hydrogens is 272 g/mol. The van der Waals surface area contributed by atoms with Crippen LogP contribution in [0.25, 0.3) is 0 Å². The summed E-state index contributed by atoms with van der Waals surface area (Å²) in [5.74, 6) is 0.0809. The van der Waals surface area contributed by atoms with E-state index in [0.29, 0.717) is 11.6 Å². The van der Waals surface area contributed by atoms with E-state index in [1.807, 2.05) is 13.8 Å². The molecule has 0 aromatic carbocycles. The molecule has 1 heterocycles. The summed E-state index contributed by atoms with van der Waals surface area (Å²) < 4.78 is 0. The molecule has 2 atom stereocenters. The molecule has 2 N–H and O–H groups in total. The number of rotatable bonds is 4. The first kappa shape index (κ1) is 13.0. The van der Waals surface area contributed by atoms with Crippen LogP contribution in [0.15, 0.2) is 23.0 Å². The van der Waals surface area contributed by atoms with E-state index in [9.17, 15) is 9.59 Å². The number of aromatic nitrogens is 1. The minimum atomic E-state index is -0.270. The van der Waals surface area contributed by atoms with Crippen LogP contribution in [-0.4, -0.2) is 22.3 Å². The monoisotopic (exact) mass is 286 g/mol. The van der Waals surface area contributed by atoms with E-state index in [2.05, 4.69) is 26.2 Å². The third-order valence-electron chi connectivity index (χ3n) is 2.47. The SMILES string of the molecule is CC(CBr)C(C)NC(=O)c1cccc(=O)[nH]1. The zero-order valence-electron chi connectivity index (χ0n) is 9.29. The quantitative estimate of drug-likeness (QED) is 0.825. The van der Waals surface area contributed by atoms with E-state index in [-0.39, 0.29) is 17.5 Å². The van der Waals surface area contributed by atoms with E-state index in [1.54, 1.807) is 12.1 Å². The lowest BCUT2D eigenvalue weighted by Crippen LogP contribution is -2.38. The molecule has 88 valence electrons. The number of aromatic amines is 1. The maximum atomic E-state index is 11.7. The number of carbonyl (C=O) groups excluding carboxylic acids is 1. The van der Waals surface area contributed by atoms with Crippen molar-refractivity contribution in [1.82, 2.24) is 10.3 Å². The van der Waals surface area contributed by atoms with Crippen molar-refractivity contribution < 1.29 is 4.79 Å². The summed E-state index contributed by atoms with van der Waals surface area (Å²) in [6.45, 7) is 3.97. The summed E-state index contributed by atoms with van der Waals surface area (Å²) in [6.07, 6.45) is 0. The van der Waals surface area contributed by atoms with Gasteiger partial charge in [-0.05, 0) is 18.9 Å². The highest BCUT2D eigenvalue weighted by Gasteiger charge is 2.14. The molecule has 0 saturated heterocycles. The van der Waals surface area contributed by atoms with Crippen LogP contribution in [-0.2, 0) is 0 Å². The average molecular weight is 287 g/mol. The van der Waals surface area contributed by atoms with Gasteiger partial charge in [0.2, 0.25) is 5.56 Å². The van der Waals surface area contributed by atoms with Gasteiger partial charge in [-0.15, -0.1) is 0 Å². The molecular formula is C11H15BrN2O2. The van der Waals surface area contributed by atoms with Crippen LogP contribution in [0.3, 0.4) is 0 Å². The fourth-order valence-electron chi connectivity index (χ4n) is 1.14. The van der Waals surface area contributed by atoms with E-state index in [0.717, 1.165) is 5.33 Å². The van der Waals surface area contributed by atoms with Gasteiger partial charge in [0.25, 0.3) is 5.91 Å². The molecule has 0 saturated carbocycles. The summed E-state index contributed by atoms with van der Waals surface area (Å²) >= 11 is 3.36. The van der Waals surface area contributed by atoms with Crippen LogP contribution in [0, 0.1) is 5.92 Å². The molecule has 0 radical (unpaired) electrons. The van der Waals surface area contributed by atoms with Crippen LogP contribution < -0.4 is 10.9 Å². The van der Waals surface area contributed by atoms with Crippen LogP contribution in [0.1, 0.15) is 24.3 Å². The van der Waals surface area contributed by atoms with Crippen molar-refractivity contribution in [2.75, 3.05) is 5.33 Å². The molecule has 2 unspecified atom stereocenters.